The smallest absolute Gasteiger partial charge is 0.229 e. The van der Waals surface area contributed by atoms with E-state index in [1.54, 1.807) is 12.3 Å². The molecule has 0 saturated carbocycles. The molecule has 1 aliphatic rings. The average Bonchev–Trinajstić information content (AvgIpc) is 3.38. The Balaban J connectivity index is 1.60. The van der Waals surface area contributed by atoms with Crippen LogP contribution in [0.1, 0.15) is 69.2 Å². The molecule has 1 aliphatic carbocycles. The zero-order chi connectivity index (χ0) is 28.9. The highest BCUT2D eigenvalue weighted by Gasteiger charge is 2.52. The Labute approximate surface area is 232 Å². The van der Waals surface area contributed by atoms with E-state index < -0.39 is 26.9 Å². The van der Waals surface area contributed by atoms with Gasteiger partial charge in [0.2, 0.25) is 0 Å². The topological polar surface area (TPSA) is 116 Å². The number of halogens is 2. The monoisotopic (exact) mass is 567 g/mol. The molecule has 0 fully saturated rings. The molecule has 2 atom stereocenters. The summed E-state index contributed by atoms with van der Waals surface area (Å²) in [5.74, 6) is -0.674. The third kappa shape index (κ3) is 4.89. The van der Waals surface area contributed by atoms with Crippen LogP contribution in [-0.2, 0) is 21.7 Å². The highest BCUT2D eigenvalue weighted by molar-refractivity contribution is 7.90. The van der Waals surface area contributed by atoms with E-state index in [9.17, 15) is 17.2 Å². The van der Waals surface area contributed by atoms with Gasteiger partial charge in [0.1, 0.15) is 27.8 Å². The van der Waals surface area contributed by atoms with E-state index in [4.69, 9.17) is 4.98 Å². The quantitative estimate of drug-likeness (QED) is 0.318. The van der Waals surface area contributed by atoms with Crippen LogP contribution in [0.5, 0.6) is 0 Å². The maximum atomic E-state index is 14.6. The van der Waals surface area contributed by atoms with E-state index in [0.717, 1.165) is 18.4 Å². The summed E-state index contributed by atoms with van der Waals surface area (Å²) in [6, 6.07) is 7.34. The first-order chi connectivity index (χ1) is 18.8. The first kappa shape index (κ1) is 27.9. The Hall–Kier alpha value is -3.67. The molecule has 0 spiro atoms. The largest absolute Gasteiger partial charge is 0.252 e. The molecular weight excluding hydrogens is 536 g/mol. The molecule has 0 unspecified atom stereocenters. The van der Waals surface area contributed by atoms with Crippen molar-refractivity contribution in [3.63, 3.8) is 0 Å². The molecular formula is C28H31F2N7O2S. The van der Waals surface area contributed by atoms with Gasteiger partial charge in [-0.1, -0.05) is 26.8 Å². The molecule has 0 saturated heterocycles. The van der Waals surface area contributed by atoms with Gasteiger partial charge in [-0.15, -0.1) is 10.2 Å². The Morgan fingerprint density at radius 1 is 1.07 bits per heavy atom. The van der Waals surface area contributed by atoms with Crippen molar-refractivity contribution in [3.8, 4) is 17.2 Å². The van der Waals surface area contributed by atoms with Crippen LogP contribution in [0.3, 0.4) is 0 Å². The van der Waals surface area contributed by atoms with Crippen molar-refractivity contribution in [1.82, 2.24) is 34.9 Å². The molecule has 0 radical (unpaired) electrons. The number of hydrogen-bond acceptors (Lipinski definition) is 8. The number of nitrogens with zero attached hydrogens (tertiary/aromatic N) is 7. The molecule has 9 nitrogen and oxygen atoms in total. The van der Waals surface area contributed by atoms with Crippen molar-refractivity contribution >= 4 is 9.84 Å². The summed E-state index contributed by atoms with van der Waals surface area (Å²) in [6.07, 6.45) is 6.06. The van der Waals surface area contributed by atoms with Gasteiger partial charge in [0.25, 0.3) is 5.95 Å². The second-order valence-electron chi connectivity index (χ2n) is 11.2. The highest BCUT2D eigenvalue weighted by Crippen LogP contribution is 2.56. The summed E-state index contributed by atoms with van der Waals surface area (Å²) in [5.41, 5.74) is 1.18. The summed E-state index contributed by atoms with van der Waals surface area (Å²) in [7, 11) is -3.16. The maximum absolute atomic E-state index is 14.6. The third-order valence-corrected chi connectivity index (χ3v) is 9.10. The fourth-order valence-electron chi connectivity index (χ4n) is 5.58. The van der Waals surface area contributed by atoms with E-state index in [2.05, 4.69) is 53.0 Å². The van der Waals surface area contributed by atoms with Gasteiger partial charge in [-0.25, -0.2) is 32.2 Å². The van der Waals surface area contributed by atoms with E-state index >= 15 is 0 Å². The van der Waals surface area contributed by atoms with Crippen LogP contribution in [0.25, 0.3) is 17.2 Å². The Morgan fingerprint density at radius 2 is 1.80 bits per heavy atom. The van der Waals surface area contributed by atoms with Crippen molar-refractivity contribution in [2.75, 3.05) is 12.0 Å². The summed E-state index contributed by atoms with van der Waals surface area (Å²) >= 11 is 0. The van der Waals surface area contributed by atoms with Crippen LogP contribution in [0.2, 0.25) is 0 Å². The molecule has 3 heterocycles. The Bertz CT molecular complexity index is 1670. The molecule has 210 valence electrons. The van der Waals surface area contributed by atoms with Crippen LogP contribution < -0.4 is 0 Å². The van der Waals surface area contributed by atoms with Crippen molar-refractivity contribution in [2.24, 2.45) is 5.41 Å². The number of benzene rings is 1. The van der Waals surface area contributed by atoms with Gasteiger partial charge >= 0.3 is 0 Å². The normalized spacial score (nSPS) is 20.3. The molecule has 0 aliphatic heterocycles. The molecule has 0 amide bonds. The van der Waals surface area contributed by atoms with Crippen LogP contribution >= 0.6 is 0 Å². The van der Waals surface area contributed by atoms with Crippen LogP contribution in [-0.4, -0.2) is 55.4 Å². The molecule has 12 heteroatoms. The zero-order valence-electron chi connectivity index (χ0n) is 23.1. The summed E-state index contributed by atoms with van der Waals surface area (Å²) in [4.78, 5) is 13.5. The van der Waals surface area contributed by atoms with Crippen LogP contribution in [0, 0.1) is 17.0 Å². The van der Waals surface area contributed by atoms with E-state index in [1.165, 1.54) is 35.5 Å². The SMILES string of the molecule is CC[C@@H]1CC(C)(C)[C@@](C)(c2ccnc(-n3cnc(CCS(C)(=O)=O)n3)n2)c2nnc(-c3c(F)cccc3F)cc21. The Morgan fingerprint density at radius 3 is 2.48 bits per heavy atom. The first-order valence-corrected chi connectivity index (χ1v) is 15.1. The molecule has 5 rings (SSSR count). The van der Waals surface area contributed by atoms with E-state index in [-0.39, 0.29) is 40.7 Å². The number of aromatic nitrogens is 7. The molecule has 3 aromatic heterocycles. The van der Waals surface area contributed by atoms with Gasteiger partial charge < -0.3 is 0 Å². The van der Waals surface area contributed by atoms with Gasteiger partial charge in [-0.05, 0) is 60.9 Å². The first-order valence-electron chi connectivity index (χ1n) is 13.1. The predicted octanol–water partition coefficient (Wildman–Crippen LogP) is 4.61. The maximum Gasteiger partial charge on any atom is 0.252 e. The van der Waals surface area contributed by atoms with Gasteiger partial charge in [0, 0.05) is 18.9 Å². The van der Waals surface area contributed by atoms with Gasteiger partial charge in [0.05, 0.1) is 33.8 Å². The molecule has 0 bridgehead atoms. The lowest BCUT2D eigenvalue weighted by Crippen LogP contribution is -2.47. The lowest BCUT2D eigenvalue weighted by molar-refractivity contribution is 0.152. The minimum atomic E-state index is -3.16. The number of aryl methyl sites for hydroxylation is 1. The number of fused-ring (bicyclic) bond motifs is 1. The van der Waals surface area contributed by atoms with Gasteiger partial charge in [-0.3, -0.25) is 0 Å². The zero-order valence-corrected chi connectivity index (χ0v) is 23.9. The van der Waals surface area contributed by atoms with Crippen molar-refractivity contribution < 1.29 is 17.2 Å². The highest BCUT2D eigenvalue weighted by atomic mass is 32.2. The summed E-state index contributed by atoms with van der Waals surface area (Å²) < 4.78 is 53.8. The summed E-state index contributed by atoms with van der Waals surface area (Å²) in [6.45, 7) is 8.46. The van der Waals surface area contributed by atoms with Gasteiger partial charge in [-0.2, -0.15) is 9.78 Å². The summed E-state index contributed by atoms with van der Waals surface area (Å²) in [5, 5.41) is 13.3. The number of rotatable bonds is 7. The van der Waals surface area contributed by atoms with Crippen LogP contribution in [0.4, 0.5) is 8.78 Å². The number of sulfone groups is 1. The predicted molar refractivity (Wildman–Crippen MR) is 146 cm³/mol. The van der Waals surface area contributed by atoms with Crippen molar-refractivity contribution in [3.05, 3.63) is 77.3 Å². The average molecular weight is 568 g/mol. The minimum Gasteiger partial charge on any atom is -0.229 e. The second kappa shape index (κ2) is 10.1. The fourth-order valence-corrected chi connectivity index (χ4v) is 6.13. The standard InChI is InChI=1S/C28H31F2N7O2S/c1-6-17-15-27(2,3)28(4,25-18(17)14-21(34-35-25)24-19(29)8-7-9-20(24)30)22-10-12-31-26(33-22)37-16-32-23(36-37)11-13-40(5,38)39/h7-10,12,14,16-17H,6,11,13,15H2,1-5H3/t17-,28+/m1/s1. The van der Waals surface area contributed by atoms with Crippen LogP contribution in [0.15, 0.2) is 42.9 Å². The molecule has 4 aromatic rings. The Kier molecular flexibility index (Phi) is 7.01. The molecule has 0 N–H and O–H groups in total. The lowest BCUT2D eigenvalue weighted by Gasteiger charge is -2.50. The van der Waals surface area contributed by atoms with E-state index in [1.807, 2.05) is 6.07 Å². The fraction of sp³-hybridized carbons (Fsp3) is 0.429. The van der Waals surface area contributed by atoms with E-state index in [0.29, 0.717) is 17.2 Å². The molecule has 1 aromatic carbocycles. The molecule has 40 heavy (non-hydrogen) atoms. The van der Waals surface area contributed by atoms with Crippen molar-refractivity contribution in [2.45, 2.75) is 58.3 Å². The lowest BCUT2D eigenvalue weighted by atomic mass is 9.54. The third-order valence-electron chi connectivity index (χ3n) is 8.15. The second-order valence-corrected chi connectivity index (χ2v) is 13.4. The van der Waals surface area contributed by atoms with Crippen molar-refractivity contribution in [1.29, 1.82) is 0 Å². The number of hydrogen-bond donors (Lipinski definition) is 0. The van der Waals surface area contributed by atoms with Gasteiger partial charge in [0.15, 0.2) is 5.82 Å². The minimum absolute atomic E-state index is 0.0585.